The van der Waals surface area contributed by atoms with Crippen LogP contribution in [0.2, 0.25) is 0 Å². The second-order valence-electron chi connectivity index (χ2n) is 4.37. The van der Waals surface area contributed by atoms with Crippen molar-refractivity contribution in [2.75, 3.05) is 13.1 Å². The topological polar surface area (TPSA) is 148 Å². The van der Waals surface area contributed by atoms with Crippen LogP contribution in [0.3, 0.4) is 0 Å². The van der Waals surface area contributed by atoms with Crippen molar-refractivity contribution in [1.82, 2.24) is 0 Å². The van der Waals surface area contributed by atoms with Gasteiger partial charge in [0.1, 0.15) is 6.10 Å². The van der Waals surface area contributed by atoms with Crippen molar-refractivity contribution in [1.29, 1.82) is 0 Å². The molecule has 0 aromatic carbocycles. The van der Waals surface area contributed by atoms with Crippen molar-refractivity contribution >= 4 is 0 Å². The van der Waals surface area contributed by atoms with Crippen molar-refractivity contribution in [3.63, 3.8) is 0 Å². The highest BCUT2D eigenvalue weighted by atomic mass is 16.6. The molecule has 0 saturated carbocycles. The molecule has 7 nitrogen and oxygen atoms in total. The van der Waals surface area contributed by atoms with E-state index in [-0.39, 0.29) is 0 Å². The van der Waals surface area contributed by atoms with E-state index in [1.807, 2.05) is 0 Å². The zero-order chi connectivity index (χ0) is 15.4. The Balaban J connectivity index is 0. The number of aliphatic hydroxyl groups excluding tert-OH is 3. The molecular formula is C12H31N3O4. The molecule has 0 aromatic heterocycles. The van der Waals surface area contributed by atoms with Gasteiger partial charge < -0.3 is 37.3 Å². The quantitative estimate of drug-likeness (QED) is 0.360. The third-order valence-electron chi connectivity index (χ3n) is 2.49. The molecule has 0 radical (unpaired) electrons. The third-order valence-corrected chi connectivity index (χ3v) is 2.49. The van der Waals surface area contributed by atoms with Gasteiger partial charge in [-0.3, -0.25) is 0 Å². The second-order valence-corrected chi connectivity index (χ2v) is 4.37. The van der Waals surface area contributed by atoms with E-state index in [4.69, 9.17) is 32.2 Å². The Morgan fingerprint density at radius 3 is 1.63 bits per heavy atom. The Labute approximate surface area is 115 Å². The Morgan fingerprint density at radius 1 is 0.947 bits per heavy atom. The fourth-order valence-electron chi connectivity index (χ4n) is 1.09. The summed E-state index contributed by atoms with van der Waals surface area (Å²) in [6.07, 6.45) is -1.76. The lowest BCUT2D eigenvalue weighted by atomic mass is 9.98. The summed E-state index contributed by atoms with van der Waals surface area (Å²) in [4.78, 5) is 0. The summed E-state index contributed by atoms with van der Waals surface area (Å²) in [7, 11) is 0. The largest absolute Gasteiger partial charge is 0.389 e. The molecule has 1 aliphatic heterocycles. The maximum Gasteiger partial charge on any atom is 0.182 e. The van der Waals surface area contributed by atoms with Crippen LogP contribution in [-0.4, -0.2) is 59.1 Å². The minimum absolute atomic E-state index is 0.539. The maximum absolute atomic E-state index is 9.21. The molecule has 1 aliphatic rings. The molecule has 0 bridgehead atoms. The van der Waals surface area contributed by atoms with Gasteiger partial charge in [-0.15, -0.1) is 0 Å². The van der Waals surface area contributed by atoms with Gasteiger partial charge in [0.05, 0.1) is 18.2 Å². The van der Waals surface area contributed by atoms with Gasteiger partial charge in [0.2, 0.25) is 0 Å². The number of nitrogens with two attached hydrogens (primary N) is 3. The summed E-state index contributed by atoms with van der Waals surface area (Å²) in [5, 5.41) is 27.3. The average molecular weight is 281 g/mol. The standard InChI is InChI=1S/C6H13NO4.2C3H9N/c1-2-4(8)3(7)5(9)6(10)11-2;2*1-2-3-4/h2-6,8-10H,7H2,1H3;2*2-4H2,1H3/t2-,3+,4-,5+,6-;;/m1../s1. The van der Waals surface area contributed by atoms with Crippen LogP contribution in [0.5, 0.6) is 0 Å². The van der Waals surface area contributed by atoms with E-state index < -0.39 is 30.6 Å². The Morgan fingerprint density at radius 2 is 1.32 bits per heavy atom. The van der Waals surface area contributed by atoms with Gasteiger partial charge in [0, 0.05) is 0 Å². The smallest absolute Gasteiger partial charge is 0.182 e. The summed E-state index contributed by atoms with van der Waals surface area (Å²) in [6.45, 7) is 7.33. The van der Waals surface area contributed by atoms with Gasteiger partial charge in [-0.1, -0.05) is 13.8 Å². The number of ether oxygens (including phenoxy) is 1. The lowest BCUT2D eigenvalue weighted by molar-refractivity contribution is -0.247. The predicted molar refractivity (Wildman–Crippen MR) is 75.2 cm³/mol. The number of hydrogen-bond donors (Lipinski definition) is 6. The molecule has 5 atom stereocenters. The van der Waals surface area contributed by atoms with E-state index in [0.717, 1.165) is 25.9 Å². The Hall–Kier alpha value is -0.280. The lowest BCUT2D eigenvalue weighted by Gasteiger charge is -2.37. The number of rotatable bonds is 2. The zero-order valence-corrected chi connectivity index (χ0v) is 12.2. The molecule has 0 aliphatic carbocycles. The summed E-state index contributed by atoms with van der Waals surface area (Å²) < 4.78 is 4.76. The molecule has 1 fully saturated rings. The maximum atomic E-state index is 9.21. The molecule has 1 rings (SSSR count). The molecule has 1 saturated heterocycles. The van der Waals surface area contributed by atoms with Crippen molar-refractivity contribution in [3.05, 3.63) is 0 Å². The van der Waals surface area contributed by atoms with Crippen molar-refractivity contribution < 1.29 is 20.1 Å². The van der Waals surface area contributed by atoms with Gasteiger partial charge in [-0.05, 0) is 32.9 Å². The molecule has 0 amide bonds. The van der Waals surface area contributed by atoms with E-state index in [2.05, 4.69) is 13.8 Å². The first-order valence-corrected chi connectivity index (χ1v) is 6.72. The van der Waals surface area contributed by atoms with Crippen LogP contribution in [0.1, 0.15) is 33.6 Å². The fraction of sp³-hybridized carbons (Fsp3) is 1.00. The average Bonchev–Trinajstić information content (AvgIpc) is 2.43. The monoisotopic (exact) mass is 281 g/mol. The summed E-state index contributed by atoms with van der Waals surface area (Å²) in [5.41, 5.74) is 15.4. The summed E-state index contributed by atoms with van der Waals surface area (Å²) in [5.74, 6) is 0. The minimum Gasteiger partial charge on any atom is -0.389 e. The Bertz CT molecular complexity index is 176. The van der Waals surface area contributed by atoms with Crippen LogP contribution >= 0.6 is 0 Å². The molecular weight excluding hydrogens is 250 g/mol. The molecule has 0 spiro atoms. The van der Waals surface area contributed by atoms with E-state index >= 15 is 0 Å². The Kier molecular flexibility index (Phi) is 14.1. The van der Waals surface area contributed by atoms with E-state index in [0.29, 0.717) is 0 Å². The molecule has 0 aromatic rings. The highest BCUT2D eigenvalue weighted by Gasteiger charge is 2.39. The van der Waals surface area contributed by atoms with Crippen molar-refractivity contribution in [3.8, 4) is 0 Å². The van der Waals surface area contributed by atoms with E-state index in [9.17, 15) is 5.11 Å². The van der Waals surface area contributed by atoms with Crippen molar-refractivity contribution in [2.24, 2.45) is 17.2 Å². The summed E-state index contributed by atoms with van der Waals surface area (Å²) >= 11 is 0. The highest BCUT2D eigenvalue weighted by Crippen LogP contribution is 2.17. The van der Waals surface area contributed by atoms with Crippen LogP contribution in [0.4, 0.5) is 0 Å². The molecule has 1 heterocycles. The molecule has 9 N–H and O–H groups in total. The lowest BCUT2D eigenvalue weighted by Crippen LogP contribution is -2.60. The molecule has 7 heteroatoms. The first kappa shape index (κ1) is 21.0. The van der Waals surface area contributed by atoms with Crippen molar-refractivity contribution in [2.45, 2.75) is 64.3 Å². The molecule has 118 valence electrons. The van der Waals surface area contributed by atoms with Gasteiger partial charge in [-0.25, -0.2) is 0 Å². The van der Waals surface area contributed by atoms with Gasteiger partial charge in [0.25, 0.3) is 0 Å². The van der Waals surface area contributed by atoms with Crippen LogP contribution in [-0.2, 0) is 4.74 Å². The summed E-state index contributed by atoms with van der Waals surface area (Å²) in [6, 6.07) is -0.839. The highest BCUT2D eigenvalue weighted by molar-refractivity contribution is 4.89. The zero-order valence-electron chi connectivity index (χ0n) is 12.2. The molecule has 0 unspecified atom stereocenters. The normalized spacial score (nSPS) is 33.6. The van der Waals surface area contributed by atoms with Gasteiger partial charge >= 0.3 is 0 Å². The fourth-order valence-corrected chi connectivity index (χ4v) is 1.09. The van der Waals surface area contributed by atoms with Crippen LogP contribution in [0.15, 0.2) is 0 Å². The minimum atomic E-state index is -1.29. The second kappa shape index (κ2) is 12.7. The number of hydrogen-bond acceptors (Lipinski definition) is 7. The van der Waals surface area contributed by atoms with Crippen LogP contribution in [0, 0.1) is 0 Å². The first-order valence-electron chi connectivity index (χ1n) is 6.72. The third kappa shape index (κ3) is 9.28. The predicted octanol–water partition coefficient (Wildman–Crippen LogP) is -1.52. The first-order chi connectivity index (χ1) is 8.87. The van der Waals surface area contributed by atoms with Crippen LogP contribution < -0.4 is 17.2 Å². The van der Waals surface area contributed by atoms with Gasteiger partial charge in [0.15, 0.2) is 6.29 Å². The van der Waals surface area contributed by atoms with E-state index in [1.165, 1.54) is 0 Å². The molecule has 19 heavy (non-hydrogen) atoms. The SMILES string of the molecule is CCCN.CCCN.C[C@H]1O[C@@H](O)[C@@H](O)[C@@H](N)[C@@H]1O. The van der Waals surface area contributed by atoms with Crippen LogP contribution in [0.25, 0.3) is 0 Å². The van der Waals surface area contributed by atoms with Gasteiger partial charge in [-0.2, -0.15) is 0 Å². The van der Waals surface area contributed by atoms with E-state index in [1.54, 1.807) is 6.92 Å². The number of aliphatic hydroxyl groups is 3.